The molecule has 33 heavy (non-hydrogen) atoms. The van der Waals surface area contributed by atoms with Crippen LogP contribution in [0.1, 0.15) is 5.56 Å². The number of aryl methyl sites for hydroxylation is 1. The van der Waals surface area contributed by atoms with Crippen molar-refractivity contribution >= 4 is 38.9 Å². The molecular formula is C24H25ClN2O5S. The molecule has 0 atom stereocenters. The molecule has 0 bridgehead atoms. The highest BCUT2D eigenvalue weighted by Gasteiger charge is 2.31. The summed E-state index contributed by atoms with van der Waals surface area (Å²) >= 11 is 6.00. The Balaban J connectivity index is 2.02. The lowest BCUT2D eigenvalue weighted by atomic mass is 10.2. The van der Waals surface area contributed by atoms with Crippen molar-refractivity contribution in [3.63, 3.8) is 0 Å². The third-order valence-electron chi connectivity index (χ3n) is 5.11. The van der Waals surface area contributed by atoms with Gasteiger partial charge in [0.2, 0.25) is 5.91 Å². The van der Waals surface area contributed by atoms with Gasteiger partial charge in [0.15, 0.2) is 0 Å². The van der Waals surface area contributed by atoms with Crippen molar-refractivity contribution in [1.82, 2.24) is 0 Å². The molecule has 7 nitrogen and oxygen atoms in total. The SMILES string of the molecule is COc1ccc(N(C)C(=O)CN(c2ccc(Cl)cc2)S(=O)(=O)c2cc(C)ccc2OC)cc1. The zero-order chi connectivity index (χ0) is 24.2. The molecule has 0 saturated carbocycles. The van der Waals surface area contributed by atoms with E-state index >= 15 is 0 Å². The van der Waals surface area contributed by atoms with Crippen LogP contribution in [0.4, 0.5) is 11.4 Å². The number of methoxy groups -OCH3 is 2. The van der Waals surface area contributed by atoms with Crippen LogP contribution in [0, 0.1) is 6.92 Å². The van der Waals surface area contributed by atoms with Crippen LogP contribution in [-0.2, 0) is 14.8 Å². The van der Waals surface area contributed by atoms with Gasteiger partial charge in [0.05, 0.1) is 19.9 Å². The van der Waals surface area contributed by atoms with Gasteiger partial charge in [-0.15, -0.1) is 0 Å². The van der Waals surface area contributed by atoms with Gasteiger partial charge in [-0.25, -0.2) is 8.42 Å². The molecule has 0 N–H and O–H groups in total. The number of sulfonamides is 1. The summed E-state index contributed by atoms with van der Waals surface area (Å²) in [7, 11) is 0.387. The molecule has 9 heteroatoms. The van der Waals surface area contributed by atoms with Crippen LogP contribution < -0.4 is 18.7 Å². The summed E-state index contributed by atoms with van der Waals surface area (Å²) in [5, 5.41) is 0.450. The summed E-state index contributed by atoms with van der Waals surface area (Å²) in [4.78, 5) is 14.5. The molecule has 0 saturated heterocycles. The third kappa shape index (κ3) is 5.40. The number of likely N-dealkylation sites (N-methyl/N-ethyl adjacent to an activating group) is 1. The highest BCUT2D eigenvalue weighted by atomic mass is 35.5. The topological polar surface area (TPSA) is 76.2 Å². The first-order valence-corrected chi connectivity index (χ1v) is 11.8. The van der Waals surface area contributed by atoms with Crippen molar-refractivity contribution in [2.75, 3.05) is 37.0 Å². The van der Waals surface area contributed by atoms with Crippen molar-refractivity contribution in [3.05, 3.63) is 77.3 Å². The fourth-order valence-electron chi connectivity index (χ4n) is 3.21. The lowest BCUT2D eigenvalue weighted by Crippen LogP contribution is -2.41. The Kier molecular flexibility index (Phi) is 7.50. The summed E-state index contributed by atoms with van der Waals surface area (Å²) in [5.74, 6) is 0.414. The van der Waals surface area contributed by atoms with Gasteiger partial charge in [-0.3, -0.25) is 9.10 Å². The predicted octanol–water partition coefficient (Wildman–Crippen LogP) is 4.52. The average Bonchev–Trinajstić information content (AvgIpc) is 2.82. The Morgan fingerprint density at radius 3 is 2.09 bits per heavy atom. The highest BCUT2D eigenvalue weighted by molar-refractivity contribution is 7.93. The van der Waals surface area contributed by atoms with Crippen LogP contribution in [0.3, 0.4) is 0 Å². The van der Waals surface area contributed by atoms with E-state index in [1.807, 2.05) is 0 Å². The van der Waals surface area contributed by atoms with Gasteiger partial charge in [0.25, 0.3) is 10.0 Å². The largest absolute Gasteiger partial charge is 0.497 e. The molecule has 3 aromatic rings. The molecule has 1 amide bonds. The van der Waals surface area contributed by atoms with Crippen molar-refractivity contribution in [3.8, 4) is 11.5 Å². The minimum atomic E-state index is -4.16. The average molecular weight is 489 g/mol. The van der Waals surface area contributed by atoms with Crippen molar-refractivity contribution in [2.45, 2.75) is 11.8 Å². The second-order valence-corrected chi connectivity index (χ2v) is 9.56. The van der Waals surface area contributed by atoms with Gasteiger partial charge in [-0.1, -0.05) is 17.7 Å². The van der Waals surface area contributed by atoms with Gasteiger partial charge in [-0.2, -0.15) is 0 Å². The number of rotatable bonds is 8. The predicted molar refractivity (Wildman–Crippen MR) is 130 cm³/mol. The molecule has 0 aromatic heterocycles. The van der Waals surface area contributed by atoms with E-state index in [-0.39, 0.29) is 10.6 Å². The van der Waals surface area contributed by atoms with Crippen LogP contribution >= 0.6 is 11.6 Å². The summed E-state index contributed by atoms with van der Waals surface area (Å²) in [6.07, 6.45) is 0. The first-order chi connectivity index (χ1) is 15.7. The molecule has 3 rings (SSSR count). The Hall–Kier alpha value is -3.23. The van der Waals surface area contributed by atoms with E-state index < -0.39 is 22.5 Å². The minimum absolute atomic E-state index is 0.0279. The van der Waals surface area contributed by atoms with E-state index in [9.17, 15) is 13.2 Å². The minimum Gasteiger partial charge on any atom is -0.497 e. The van der Waals surface area contributed by atoms with Crippen molar-refractivity contribution < 1.29 is 22.7 Å². The molecular weight excluding hydrogens is 464 g/mol. The van der Waals surface area contributed by atoms with Crippen molar-refractivity contribution in [1.29, 1.82) is 0 Å². The van der Waals surface area contributed by atoms with Crippen LogP contribution in [0.5, 0.6) is 11.5 Å². The molecule has 0 heterocycles. The van der Waals surface area contributed by atoms with Gasteiger partial charge in [0, 0.05) is 17.8 Å². The van der Waals surface area contributed by atoms with Crippen LogP contribution in [0.15, 0.2) is 71.6 Å². The Morgan fingerprint density at radius 2 is 1.52 bits per heavy atom. The number of halogens is 1. The van der Waals surface area contributed by atoms with Gasteiger partial charge in [-0.05, 0) is 73.2 Å². The number of ether oxygens (including phenoxy) is 2. The lowest BCUT2D eigenvalue weighted by Gasteiger charge is -2.27. The van der Waals surface area contributed by atoms with Crippen LogP contribution in [0.2, 0.25) is 5.02 Å². The summed E-state index contributed by atoms with van der Waals surface area (Å²) < 4.78 is 39.0. The first-order valence-electron chi connectivity index (χ1n) is 10.0. The zero-order valence-corrected chi connectivity index (χ0v) is 20.4. The van der Waals surface area contributed by atoms with E-state index in [4.69, 9.17) is 21.1 Å². The lowest BCUT2D eigenvalue weighted by molar-refractivity contribution is -0.116. The number of benzene rings is 3. The number of nitrogens with zero attached hydrogens (tertiary/aromatic N) is 2. The Bertz CT molecular complexity index is 1230. The van der Waals surface area contributed by atoms with Crippen LogP contribution in [-0.4, -0.2) is 42.1 Å². The molecule has 0 aliphatic heterocycles. The summed E-state index contributed by atoms with van der Waals surface area (Å²) in [6.45, 7) is 1.36. The second-order valence-electron chi connectivity index (χ2n) is 7.29. The number of hydrogen-bond donors (Lipinski definition) is 0. The third-order valence-corrected chi connectivity index (χ3v) is 7.16. The quantitative estimate of drug-likeness (QED) is 0.466. The molecule has 0 spiro atoms. The van der Waals surface area contributed by atoms with Gasteiger partial charge >= 0.3 is 0 Å². The maximum Gasteiger partial charge on any atom is 0.268 e. The fraction of sp³-hybridized carbons (Fsp3) is 0.208. The first kappa shape index (κ1) is 24.4. The van der Waals surface area contributed by atoms with E-state index in [2.05, 4.69) is 0 Å². The number of carbonyl (C=O) groups is 1. The summed E-state index contributed by atoms with van der Waals surface area (Å²) in [6, 6.07) is 18.0. The molecule has 0 radical (unpaired) electrons. The van der Waals surface area contributed by atoms with E-state index in [0.717, 1.165) is 9.87 Å². The second kappa shape index (κ2) is 10.1. The molecule has 0 unspecified atom stereocenters. The van der Waals surface area contributed by atoms with E-state index in [0.29, 0.717) is 22.1 Å². The molecule has 174 valence electrons. The molecule has 3 aromatic carbocycles. The maximum atomic E-state index is 13.8. The monoisotopic (exact) mass is 488 g/mol. The maximum absolute atomic E-state index is 13.8. The highest BCUT2D eigenvalue weighted by Crippen LogP contribution is 2.31. The van der Waals surface area contributed by atoms with E-state index in [1.54, 1.807) is 81.7 Å². The van der Waals surface area contributed by atoms with Crippen LogP contribution in [0.25, 0.3) is 0 Å². The van der Waals surface area contributed by atoms with Gasteiger partial charge in [0.1, 0.15) is 22.9 Å². The molecule has 0 fully saturated rings. The fourth-order valence-corrected chi connectivity index (χ4v) is 4.99. The Labute approximate surface area is 199 Å². The molecule has 0 aliphatic rings. The summed E-state index contributed by atoms with van der Waals surface area (Å²) in [5.41, 5.74) is 1.65. The standard InChI is InChI=1S/C24H25ClN2O5S/c1-17-5-14-22(32-4)23(15-17)33(29,30)27(20-8-6-18(25)7-9-20)16-24(28)26(2)19-10-12-21(31-3)13-11-19/h5-15H,16H2,1-4H3. The van der Waals surface area contributed by atoms with E-state index in [1.165, 1.54) is 18.1 Å². The number of hydrogen-bond acceptors (Lipinski definition) is 5. The number of carbonyl (C=O) groups excluding carboxylic acids is 1. The molecule has 0 aliphatic carbocycles. The Morgan fingerprint density at radius 1 is 0.909 bits per heavy atom. The number of amides is 1. The smallest absolute Gasteiger partial charge is 0.268 e. The zero-order valence-electron chi connectivity index (χ0n) is 18.8. The van der Waals surface area contributed by atoms with Crippen molar-refractivity contribution in [2.24, 2.45) is 0 Å². The number of anilines is 2. The van der Waals surface area contributed by atoms with Gasteiger partial charge < -0.3 is 14.4 Å². The normalized spacial score (nSPS) is 11.1.